The molecule has 29 heavy (non-hydrogen) atoms. The summed E-state index contributed by atoms with van der Waals surface area (Å²) in [6.07, 6.45) is 6.11. The number of rotatable bonds is 5. The summed E-state index contributed by atoms with van der Waals surface area (Å²) < 4.78 is 1.68. The molecule has 1 aliphatic heterocycles. The standard InChI is InChI=1S/C23H23ClN4O/c24-20-9-4-10-21(18-20)28-13-11-22(25-28)23(29)27-16-14-26(15-17-27)12-5-8-19-6-2-1-3-7-19/h1-11,13,18H,12,14-17H2/b8-5+. The Balaban J connectivity index is 1.31. The Morgan fingerprint density at radius 3 is 2.55 bits per heavy atom. The van der Waals surface area contributed by atoms with Gasteiger partial charge in [0, 0.05) is 43.9 Å². The summed E-state index contributed by atoms with van der Waals surface area (Å²) in [5.41, 5.74) is 2.51. The van der Waals surface area contributed by atoms with E-state index in [4.69, 9.17) is 11.6 Å². The molecule has 2 aromatic carbocycles. The lowest BCUT2D eigenvalue weighted by Crippen LogP contribution is -2.48. The fourth-order valence-corrected chi connectivity index (χ4v) is 3.58. The van der Waals surface area contributed by atoms with E-state index in [1.807, 2.05) is 47.4 Å². The lowest BCUT2D eigenvalue weighted by molar-refractivity contribution is 0.0644. The van der Waals surface area contributed by atoms with Gasteiger partial charge in [0.25, 0.3) is 5.91 Å². The van der Waals surface area contributed by atoms with Crippen LogP contribution >= 0.6 is 11.6 Å². The number of piperazine rings is 1. The van der Waals surface area contributed by atoms with Gasteiger partial charge in [-0.25, -0.2) is 4.68 Å². The molecule has 0 aliphatic carbocycles. The maximum Gasteiger partial charge on any atom is 0.274 e. The zero-order chi connectivity index (χ0) is 20.1. The molecule has 4 rings (SSSR count). The lowest BCUT2D eigenvalue weighted by atomic mass is 10.2. The largest absolute Gasteiger partial charge is 0.335 e. The van der Waals surface area contributed by atoms with Gasteiger partial charge < -0.3 is 4.90 Å². The van der Waals surface area contributed by atoms with Crippen LogP contribution in [0.15, 0.2) is 72.9 Å². The first-order valence-corrected chi connectivity index (χ1v) is 10.1. The van der Waals surface area contributed by atoms with Gasteiger partial charge in [0.15, 0.2) is 5.69 Å². The summed E-state index contributed by atoms with van der Waals surface area (Å²) >= 11 is 6.04. The minimum absolute atomic E-state index is 0.0229. The molecule has 5 nitrogen and oxygen atoms in total. The monoisotopic (exact) mass is 406 g/mol. The molecule has 1 aliphatic rings. The van der Waals surface area contributed by atoms with Gasteiger partial charge in [-0.3, -0.25) is 9.69 Å². The van der Waals surface area contributed by atoms with E-state index in [1.165, 1.54) is 5.56 Å². The molecule has 0 saturated carbocycles. The van der Waals surface area contributed by atoms with Crippen molar-refractivity contribution in [2.45, 2.75) is 0 Å². The molecule has 1 fully saturated rings. The molecule has 2 heterocycles. The Hall–Kier alpha value is -2.89. The Kier molecular flexibility index (Phi) is 6.08. The number of hydrogen-bond donors (Lipinski definition) is 0. The molecule has 0 atom stereocenters. The normalized spacial score (nSPS) is 15.1. The highest BCUT2D eigenvalue weighted by Crippen LogP contribution is 2.15. The summed E-state index contributed by atoms with van der Waals surface area (Å²) in [5, 5.41) is 5.08. The van der Waals surface area contributed by atoms with Gasteiger partial charge in [-0.1, -0.05) is 60.2 Å². The second-order valence-electron chi connectivity index (χ2n) is 7.03. The molecule has 0 spiro atoms. The van der Waals surface area contributed by atoms with E-state index in [2.05, 4.69) is 34.3 Å². The summed E-state index contributed by atoms with van der Waals surface area (Å²) in [4.78, 5) is 17.0. The van der Waals surface area contributed by atoms with Crippen molar-refractivity contribution in [2.24, 2.45) is 0 Å². The molecule has 1 amide bonds. The van der Waals surface area contributed by atoms with Crippen molar-refractivity contribution in [1.82, 2.24) is 19.6 Å². The minimum atomic E-state index is -0.0229. The predicted molar refractivity (Wildman–Crippen MR) is 116 cm³/mol. The Morgan fingerprint density at radius 1 is 1.00 bits per heavy atom. The van der Waals surface area contributed by atoms with Crippen molar-refractivity contribution < 1.29 is 4.79 Å². The fourth-order valence-electron chi connectivity index (χ4n) is 3.40. The number of carbonyl (C=O) groups excluding carboxylic acids is 1. The Bertz CT molecular complexity index is 991. The predicted octanol–water partition coefficient (Wildman–Crippen LogP) is 4.00. The van der Waals surface area contributed by atoms with Crippen LogP contribution in [0.1, 0.15) is 16.1 Å². The Labute approximate surface area is 175 Å². The van der Waals surface area contributed by atoms with Crippen LogP contribution < -0.4 is 0 Å². The maximum absolute atomic E-state index is 12.8. The summed E-state index contributed by atoms with van der Waals surface area (Å²) in [6.45, 7) is 4.03. The first-order valence-electron chi connectivity index (χ1n) is 9.74. The third-order valence-electron chi connectivity index (χ3n) is 5.01. The summed E-state index contributed by atoms with van der Waals surface area (Å²) in [5.74, 6) is -0.0229. The van der Waals surface area contributed by atoms with Gasteiger partial charge in [0.05, 0.1) is 5.69 Å². The molecular weight excluding hydrogens is 384 g/mol. The molecule has 148 valence electrons. The van der Waals surface area contributed by atoms with Crippen molar-refractivity contribution in [3.05, 3.63) is 89.2 Å². The van der Waals surface area contributed by atoms with Crippen molar-refractivity contribution in [1.29, 1.82) is 0 Å². The second kappa shape index (κ2) is 9.07. The van der Waals surface area contributed by atoms with E-state index >= 15 is 0 Å². The van der Waals surface area contributed by atoms with Crippen LogP contribution in [0.5, 0.6) is 0 Å². The number of benzene rings is 2. The van der Waals surface area contributed by atoms with E-state index in [-0.39, 0.29) is 5.91 Å². The highest BCUT2D eigenvalue weighted by molar-refractivity contribution is 6.30. The topological polar surface area (TPSA) is 41.4 Å². The number of aromatic nitrogens is 2. The summed E-state index contributed by atoms with van der Waals surface area (Å²) in [6, 6.07) is 19.5. The average molecular weight is 407 g/mol. The van der Waals surface area contributed by atoms with Crippen LogP contribution in [0, 0.1) is 0 Å². The Morgan fingerprint density at radius 2 is 1.79 bits per heavy atom. The van der Waals surface area contributed by atoms with Crippen LogP contribution in [-0.4, -0.2) is 58.2 Å². The molecule has 1 aromatic heterocycles. The first kappa shape index (κ1) is 19.4. The molecule has 1 saturated heterocycles. The molecule has 3 aromatic rings. The van der Waals surface area contributed by atoms with E-state index < -0.39 is 0 Å². The van der Waals surface area contributed by atoms with Gasteiger partial charge >= 0.3 is 0 Å². The van der Waals surface area contributed by atoms with Crippen molar-refractivity contribution in [3.8, 4) is 5.69 Å². The number of carbonyl (C=O) groups is 1. The number of nitrogens with zero attached hydrogens (tertiary/aromatic N) is 4. The lowest BCUT2D eigenvalue weighted by Gasteiger charge is -2.33. The summed E-state index contributed by atoms with van der Waals surface area (Å²) in [7, 11) is 0. The van der Waals surface area contributed by atoms with Crippen molar-refractivity contribution in [3.63, 3.8) is 0 Å². The van der Waals surface area contributed by atoms with Crippen LogP contribution in [0.25, 0.3) is 11.8 Å². The van der Waals surface area contributed by atoms with Gasteiger partial charge in [-0.05, 0) is 29.8 Å². The van der Waals surface area contributed by atoms with E-state index in [0.717, 1.165) is 25.3 Å². The number of amides is 1. The smallest absolute Gasteiger partial charge is 0.274 e. The first-order chi connectivity index (χ1) is 14.2. The average Bonchev–Trinajstić information content (AvgIpc) is 3.25. The van der Waals surface area contributed by atoms with Crippen LogP contribution in [-0.2, 0) is 0 Å². The third-order valence-corrected chi connectivity index (χ3v) is 5.25. The van der Waals surface area contributed by atoms with Crippen LogP contribution in [0.4, 0.5) is 0 Å². The molecule has 0 N–H and O–H groups in total. The molecule has 0 radical (unpaired) electrons. The van der Waals surface area contributed by atoms with E-state index in [1.54, 1.807) is 16.9 Å². The van der Waals surface area contributed by atoms with Gasteiger partial charge in [0.1, 0.15) is 0 Å². The SMILES string of the molecule is O=C(c1ccn(-c2cccc(Cl)c2)n1)N1CCN(C/C=C/c2ccccc2)CC1. The van der Waals surface area contributed by atoms with Crippen LogP contribution in [0.3, 0.4) is 0 Å². The molecule has 0 bridgehead atoms. The number of hydrogen-bond acceptors (Lipinski definition) is 3. The number of halogens is 1. The quantitative estimate of drug-likeness (QED) is 0.643. The molecule has 0 unspecified atom stereocenters. The van der Waals surface area contributed by atoms with E-state index in [9.17, 15) is 4.79 Å². The maximum atomic E-state index is 12.8. The van der Waals surface area contributed by atoms with Crippen LogP contribution in [0.2, 0.25) is 5.02 Å². The zero-order valence-corrected chi connectivity index (χ0v) is 16.9. The molecular formula is C23H23ClN4O. The van der Waals surface area contributed by atoms with Gasteiger partial charge in [-0.15, -0.1) is 0 Å². The van der Waals surface area contributed by atoms with Crippen molar-refractivity contribution >= 4 is 23.6 Å². The second-order valence-corrected chi connectivity index (χ2v) is 7.47. The van der Waals surface area contributed by atoms with Crippen molar-refractivity contribution in [2.75, 3.05) is 32.7 Å². The highest BCUT2D eigenvalue weighted by Gasteiger charge is 2.23. The fraction of sp³-hybridized carbons (Fsp3) is 0.217. The minimum Gasteiger partial charge on any atom is -0.335 e. The zero-order valence-electron chi connectivity index (χ0n) is 16.1. The molecule has 6 heteroatoms. The van der Waals surface area contributed by atoms with Gasteiger partial charge in [0.2, 0.25) is 0 Å². The highest BCUT2D eigenvalue weighted by atomic mass is 35.5. The van der Waals surface area contributed by atoms with E-state index in [0.29, 0.717) is 23.8 Å². The van der Waals surface area contributed by atoms with Gasteiger partial charge in [-0.2, -0.15) is 5.10 Å². The third kappa shape index (κ3) is 4.94.